The molecule has 0 saturated carbocycles. The first-order valence-electron chi connectivity index (χ1n) is 2.73. The molecule has 68 valence electrons. The van der Waals surface area contributed by atoms with E-state index in [4.69, 9.17) is 9.79 Å². The van der Waals surface area contributed by atoms with E-state index < -0.39 is 16.2 Å². The van der Waals surface area contributed by atoms with Crippen LogP contribution in [0.15, 0.2) is 0 Å². The predicted octanol–water partition coefficient (Wildman–Crippen LogP) is 1.72. The van der Waals surface area contributed by atoms with E-state index in [9.17, 15) is 4.57 Å². The van der Waals surface area contributed by atoms with Gasteiger partial charge >= 0.3 is 7.82 Å². The van der Waals surface area contributed by atoms with Crippen LogP contribution in [0.4, 0.5) is 0 Å². The fourth-order valence-corrected chi connectivity index (χ4v) is 2.81. The van der Waals surface area contributed by atoms with E-state index in [0.717, 1.165) is 12.0 Å². The maximum atomic E-state index is 10.7. The molecule has 0 spiro atoms. The molecule has 11 heavy (non-hydrogen) atoms. The van der Waals surface area contributed by atoms with Crippen LogP contribution >= 0.6 is 28.2 Å². The van der Waals surface area contributed by atoms with Gasteiger partial charge in [0, 0.05) is 24.5 Å². The Morgan fingerprint density at radius 2 is 2.27 bits per heavy atom. The molecule has 5 nitrogen and oxygen atoms in total. The molecule has 0 rings (SSSR count). The van der Waals surface area contributed by atoms with Gasteiger partial charge in [-0.15, -0.1) is 0 Å². The van der Waals surface area contributed by atoms with Gasteiger partial charge in [-0.1, -0.05) is 6.92 Å². The summed E-state index contributed by atoms with van der Waals surface area (Å²) < 4.78 is 19.3. The van der Waals surface area contributed by atoms with E-state index in [2.05, 4.69) is 8.28 Å². The highest BCUT2D eigenvalue weighted by Crippen LogP contribution is 2.56. The summed E-state index contributed by atoms with van der Waals surface area (Å²) in [5, 5.41) is 0. The minimum Gasteiger partial charge on any atom is -0.350 e. The average molecular weight is 220 g/mol. The molecule has 0 aromatic carbocycles. The summed E-state index contributed by atoms with van der Waals surface area (Å²) in [4.78, 5) is 17.6. The van der Waals surface area contributed by atoms with E-state index in [1.165, 1.54) is 6.26 Å². The zero-order chi connectivity index (χ0) is 8.91. The summed E-state index contributed by atoms with van der Waals surface area (Å²) in [5.41, 5.74) is 0. The first-order chi connectivity index (χ1) is 5.02. The molecular formula is C3H10O5P2S. The molecule has 8 heteroatoms. The van der Waals surface area contributed by atoms with Gasteiger partial charge < -0.3 is 9.79 Å². The van der Waals surface area contributed by atoms with Gasteiger partial charge in [-0.2, -0.15) is 0 Å². The van der Waals surface area contributed by atoms with Crippen LogP contribution in [-0.2, 0) is 12.8 Å². The van der Waals surface area contributed by atoms with Gasteiger partial charge in [0.1, 0.15) is 0 Å². The first kappa shape index (κ1) is 11.8. The Hall–Kier alpha value is 0.850. The van der Waals surface area contributed by atoms with Gasteiger partial charge in [-0.25, -0.2) is 12.8 Å². The highest BCUT2D eigenvalue weighted by Gasteiger charge is 2.25. The fraction of sp³-hybridized carbons (Fsp3) is 1.00. The number of hydrogen-bond donors (Lipinski definition) is 2. The SMILES string of the molecule is CCP(O)OP(=O)(O)OSC. The second-order valence-electron chi connectivity index (χ2n) is 1.46. The van der Waals surface area contributed by atoms with Crippen LogP contribution in [0.25, 0.3) is 0 Å². The summed E-state index contributed by atoms with van der Waals surface area (Å²) in [6.07, 6.45) is 1.79. The summed E-state index contributed by atoms with van der Waals surface area (Å²) in [6.45, 7) is 1.64. The van der Waals surface area contributed by atoms with E-state index in [1.807, 2.05) is 0 Å². The van der Waals surface area contributed by atoms with Crippen molar-refractivity contribution in [3.63, 3.8) is 0 Å². The van der Waals surface area contributed by atoms with Gasteiger partial charge in [-0.05, 0) is 0 Å². The lowest BCUT2D eigenvalue weighted by Gasteiger charge is -2.11. The van der Waals surface area contributed by atoms with Crippen molar-refractivity contribution in [1.29, 1.82) is 0 Å². The molecule has 0 saturated heterocycles. The molecule has 0 aromatic rings. The summed E-state index contributed by atoms with van der Waals surface area (Å²) >= 11 is 0.722. The minimum atomic E-state index is -4.02. The number of hydrogen-bond acceptors (Lipinski definition) is 5. The Morgan fingerprint density at radius 1 is 1.73 bits per heavy atom. The molecular weight excluding hydrogens is 210 g/mol. The average Bonchev–Trinajstić information content (AvgIpc) is 1.86. The second-order valence-corrected chi connectivity index (χ2v) is 5.32. The molecule has 0 radical (unpaired) electrons. The van der Waals surface area contributed by atoms with E-state index in [1.54, 1.807) is 6.92 Å². The molecule has 2 unspecified atom stereocenters. The van der Waals surface area contributed by atoms with Crippen molar-refractivity contribution in [1.82, 2.24) is 0 Å². The normalized spacial score (nSPS) is 19.3. The Labute approximate surface area is 70.8 Å². The van der Waals surface area contributed by atoms with E-state index in [0.29, 0.717) is 6.16 Å². The van der Waals surface area contributed by atoms with Gasteiger partial charge in [0.25, 0.3) is 0 Å². The van der Waals surface area contributed by atoms with E-state index in [-0.39, 0.29) is 0 Å². The Balaban J connectivity index is 3.81. The van der Waals surface area contributed by atoms with Crippen molar-refractivity contribution in [2.45, 2.75) is 6.92 Å². The van der Waals surface area contributed by atoms with Crippen LogP contribution in [0.1, 0.15) is 6.92 Å². The third-order valence-electron chi connectivity index (χ3n) is 0.637. The first-order valence-corrected chi connectivity index (χ1v) is 6.77. The predicted molar refractivity (Wildman–Crippen MR) is 45.2 cm³/mol. The molecule has 0 aliphatic rings. The monoisotopic (exact) mass is 220 g/mol. The molecule has 0 heterocycles. The Morgan fingerprint density at radius 3 is 2.64 bits per heavy atom. The van der Waals surface area contributed by atoms with Crippen molar-refractivity contribution < 1.29 is 22.6 Å². The van der Waals surface area contributed by atoms with Crippen LogP contribution in [0.2, 0.25) is 0 Å². The molecule has 2 atom stereocenters. The van der Waals surface area contributed by atoms with Crippen LogP contribution in [-0.4, -0.2) is 22.2 Å². The topological polar surface area (TPSA) is 76.0 Å². The van der Waals surface area contributed by atoms with Crippen LogP contribution in [0.3, 0.4) is 0 Å². The standard InChI is InChI=1S/C3H10O5P2S/c1-3-9(4)7-10(5,6)8-11-2/h4H,3H2,1-2H3,(H,5,6). The third kappa shape index (κ3) is 6.05. The van der Waals surface area contributed by atoms with Crippen molar-refractivity contribution in [3.8, 4) is 0 Å². The maximum absolute atomic E-state index is 10.7. The van der Waals surface area contributed by atoms with Crippen LogP contribution < -0.4 is 0 Å². The highest BCUT2D eigenvalue weighted by molar-refractivity contribution is 7.97. The van der Waals surface area contributed by atoms with E-state index >= 15 is 0 Å². The van der Waals surface area contributed by atoms with Crippen molar-refractivity contribution in [2.24, 2.45) is 0 Å². The van der Waals surface area contributed by atoms with Crippen LogP contribution in [0.5, 0.6) is 0 Å². The van der Waals surface area contributed by atoms with Crippen molar-refractivity contribution in [2.75, 3.05) is 12.4 Å². The van der Waals surface area contributed by atoms with Crippen molar-refractivity contribution in [3.05, 3.63) is 0 Å². The van der Waals surface area contributed by atoms with Gasteiger partial charge in [-0.3, -0.25) is 0 Å². The lowest BCUT2D eigenvalue weighted by atomic mass is 11.0. The smallest absolute Gasteiger partial charge is 0.350 e. The fourth-order valence-electron chi connectivity index (χ4n) is 0.285. The molecule has 0 aliphatic heterocycles. The Bertz CT molecular complexity index is 153. The molecule has 0 amide bonds. The Kier molecular flexibility index (Phi) is 5.91. The van der Waals surface area contributed by atoms with Gasteiger partial charge in [0.2, 0.25) is 0 Å². The minimum absolute atomic E-state index is 0.303. The second kappa shape index (κ2) is 5.49. The largest absolute Gasteiger partial charge is 0.488 e. The highest BCUT2D eigenvalue weighted by atomic mass is 32.2. The zero-order valence-corrected chi connectivity index (χ0v) is 8.73. The molecule has 0 aliphatic carbocycles. The molecule has 0 bridgehead atoms. The lowest BCUT2D eigenvalue weighted by Crippen LogP contribution is -1.86. The maximum Gasteiger partial charge on any atom is 0.488 e. The summed E-state index contributed by atoms with van der Waals surface area (Å²) in [5.74, 6) is 0. The quantitative estimate of drug-likeness (QED) is 0.542. The van der Waals surface area contributed by atoms with Gasteiger partial charge in [0.05, 0.1) is 0 Å². The molecule has 2 N–H and O–H groups in total. The number of rotatable bonds is 5. The van der Waals surface area contributed by atoms with Crippen LogP contribution in [0, 0.1) is 0 Å². The third-order valence-corrected chi connectivity index (χ3v) is 4.11. The molecule has 0 aromatic heterocycles. The van der Waals surface area contributed by atoms with Crippen molar-refractivity contribution >= 4 is 28.2 Å². The van der Waals surface area contributed by atoms with Gasteiger partial charge in [0.15, 0.2) is 8.38 Å². The number of phosphoric acid groups is 1. The summed E-state index contributed by atoms with van der Waals surface area (Å²) in [6, 6.07) is 0. The lowest BCUT2D eigenvalue weighted by molar-refractivity contribution is 0.305. The molecule has 0 fully saturated rings. The zero-order valence-electron chi connectivity index (χ0n) is 6.13. The summed E-state index contributed by atoms with van der Waals surface area (Å²) in [7, 11) is -5.85.